The number of nitrogens with zero attached hydrogens (tertiary/aromatic N) is 5. The molecule has 4 rings (SSSR count). The Morgan fingerprint density at radius 1 is 1.16 bits per heavy atom. The summed E-state index contributed by atoms with van der Waals surface area (Å²) in [7, 11) is 0. The van der Waals surface area contributed by atoms with Crippen molar-refractivity contribution in [1.82, 2.24) is 19.5 Å². The van der Waals surface area contributed by atoms with Gasteiger partial charge in [-0.3, -0.25) is 4.57 Å². The second-order valence-electron chi connectivity index (χ2n) is 8.00. The van der Waals surface area contributed by atoms with Crippen molar-refractivity contribution in [1.29, 1.82) is 0 Å². The topological polar surface area (TPSA) is 97.1 Å². The van der Waals surface area contributed by atoms with Crippen LogP contribution in [0.25, 0.3) is 11.2 Å². The molecule has 0 atom stereocenters. The number of hydrogen-bond donors (Lipinski definition) is 2. The van der Waals surface area contributed by atoms with Crippen LogP contribution in [-0.2, 0) is 0 Å². The second-order valence-corrected chi connectivity index (χ2v) is 8.00. The number of imidazole rings is 1. The van der Waals surface area contributed by atoms with Gasteiger partial charge in [0.05, 0.1) is 12.4 Å². The molecule has 1 fully saturated rings. The Kier molecular flexibility index (Phi) is 6.06. The van der Waals surface area contributed by atoms with Crippen molar-refractivity contribution in [2.45, 2.75) is 51.6 Å². The summed E-state index contributed by atoms with van der Waals surface area (Å²) in [6, 6.07) is 1.21. The molecule has 0 radical (unpaired) electrons. The van der Waals surface area contributed by atoms with Crippen molar-refractivity contribution in [3.05, 3.63) is 52.5 Å². The van der Waals surface area contributed by atoms with Crippen LogP contribution in [0.2, 0.25) is 0 Å². The Morgan fingerprint density at radius 2 is 1.84 bits per heavy atom. The average Bonchev–Trinajstić information content (AvgIpc) is 3.08. The molecule has 0 spiro atoms. The van der Waals surface area contributed by atoms with Gasteiger partial charge in [-0.15, -0.1) is 4.91 Å². The SMILES string of the molecule is CC(C)Nc1ncc2nc(Nc3c(F)cc(F)cc3F)n(C3CCC(=CN=O)CC3)c2n1. The van der Waals surface area contributed by atoms with Gasteiger partial charge in [-0.1, -0.05) is 0 Å². The molecule has 1 saturated carbocycles. The van der Waals surface area contributed by atoms with Crippen molar-refractivity contribution < 1.29 is 13.2 Å². The Bertz CT molecular complexity index is 1160. The van der Waals surface area contributed by atoms with Crippen molar-refractivity contribution in [3.63, 3.8) is 0 Å². The van der Waals surface area contributed by atoms with E-state index in [4.69, 9.17) is 0 Å². The van der Waals surface area contributed by atoms with Gasteiger partial charge in [0.25, 0.3) is 0 Å². The van der Waals surface area contributed by atoms with E-state index in [1.165, 1.54) is 12.4 Å². The van der Waals surface area contributed by atoms with Gasteiger partial charge in [-0.05, 0) is 50.3 Å². The number of fused-ring (bicyclic) bond motifs is 1. The largest absolute Gasteiger partial charge is 0.352 e. The van der Waals surface area contributed by atoms with Crippen LogP contribution >= 0.6 is 0 Å². The zero-order valence-electron chi connectivity index (χ0n) is 17.6. The molecule has 168 valence electrons. The Hall–Kier alpha value is -3.50. The molecule has 1 aliphatic carbocycles. The summed E-state index contributed by atoms with van der Waals surface area (Å²) in [6.07, 6.45) is 5.49. The molecule has 0 aliphatic heterocycles. The molecule has 0 bridgehead atoms. The van der Waals surface area contributed by atoms with E-state index in [0.717, 1.165) is 5.57 Å². The minimum atomic E-state index is -1.07. The first-order chi connectivity index (χ1) is 15.4. The molecule has 11 heteroatoms. The first-order valence-electron chi connectivity index (χ1n) is 10.3. The summed E-state index contributed by atoms with van der Waals surface area (Å²) in [5.74, 6) is -2.57. The predicted octanol–water partition coefficient (Wildman–Crippen LogP) is 5.57. The average molecular weight is 445 g/mol. The standard InChI is InChI=1S/C21H22F3N7O/c1-11(2)27-20-25-10-17-19(30-20)31(14-5-3-12(4-6-14)9-26-32)21(28-17)29-18-15(23)7-13(22)8-16(18)24/h7-11,14H,3-6H2,1-2H3,(H,28,29)(H,25,27,30). The van der Waals surface area contributed by atoms with E-state index >= 15 is 0 Å². The fourth-order valence-corrected chi connectivity index (χ4v) is 3.86. The molecule has 2 heterocycles. The highest BCUT2D eigenvalue weighted by molar-refractivity contribution is 5.76. The third-order valence-corrected chi connectivity index (χ3v) is 5.29. The summed E-state index contributed by atoms with van der Waals surface area (Å²) in [4.78, 5) is 23.8. The fraction of sp³-hybridized carbons (Fsp3) is 0.381. The molecule has 1 aromatic carbocycles. The monoisotopic (exact) mass is 445 g/mol. The number of nitrogens with one attached hydrogen (secondary N) is 2. The quantitative estimate of drug-likeness (QED) is 0.481. The van der Waals surface area contributed by atoms with Crippen molar-refractivity contribution >= 4 is 28.7 Å². The first kappa shape index (κ1) is 21.7. The fourth-order valence-electron chi connectivity index (χ4n) is 3.86. The number of rotatable bonds is 6. The van der Waals surface area contributed by atoms with Gasteiger partial charge >= 0.3 is 0 Å². The van der Waals surface area contributed by atoms with Crippen LogP contribution in [0.15, 0.2) is 35.3 Å². The summed E-state index contributed by atoms with van der Waals surface area (Å²) >= 11 is 0. The van der Waals surface area contributed by atoms with Gasteiger partial charge in [0.15, 0.2) is 17.3 Å². The van der Waals surface area contributed by atoms with E-state index in [9.17, 15) is 18.1 Å². The molecule has 2 aromatic heterocycles. The zero-order chi connectivity index (χ0) is 22.8. The molecule has 0 unspecified atom stereocenters. The van der Waals surface area contributed by atoms with Gasteiger partial charge in [0, 0.05) is 24.2 Å². The van der Waals surface area contributed by atoms with E-state index in [-0.39, 0.29) is 18.0 Å². The van der Waals surface area contributed by atoms with Crippen molar-refractivity contribution in [2.24, 2.45) is 5.18 Å². The van der Waals surface area contributed by atoms with Crippen molar-refractivity contribution in [3.8, 4) is 0 Å². The zero-order valence-corrected chi connectivity index (χ0v) is 17.6. The molecular weight excluding hydrogens is 423 g/mol. The number of nitroso groups, excluding NO2 is 1. The predicted molar refractivity (Wildman–Crippen MR) is 115 cm³/mol. The maximum Gasteiger partial charge on any atom is 0.224 e. The number of benzene rings is 1. The summed E-state index contributed by atoms with van der Waals surface area (Å²) in [5, 5.41) is 8.67. The molecular formula is C21H22F3N7O. The summed E-state index contributed by atoms with van der Waals surface area (Å²) in [6.45, 7) is 3.90. The molecule has 2 N–H and O–H groups in total. The Labute approximate surface area is 181 Å². The maximum atomic E-state index is 14.3. The molecule has 0 amide bonds. The molecule has 3 aromatic rings. The number of hydrogen-bond acceptors (Lipinski definition) is 7. The highest BCUT2D eigenvalue weighted by atomic mass is 19.1. The highest BCUT2D eigenvalue weighted by Gasteiger charge is 2.26. The van der Waals surface area contributed by atoms with E-state index in [0.29, 0.717) is 54.9 Å². The number of anilines is 3. The van der Waals surface area contributed by atoms with Gasteiger partial charge in [0.2, 0.25) is 11.9 Å². The normalized spacial score (nSPS) is 16.4. The molecule has 1 aliphatic rings. The molecule has 0 saturated heterocycles. The number of halogens is 3. The van der Waals surface area contributed by atoms with E-state index in [1.807, 2.05) is 13.8 Å². The molecule has 8 nitrogen and oxygen atoms in total. The van der Waals surface area contributed by atoms with Gasteiger partial charge in [0.1, 0.15) is 17.0 Å². The Balaban J connectivity index is 1.78. The number of aromatic nitrogens is 4. The van der Waals surface area contributed by atoms with Crippen LogP contribution < -0.4 is 10.6 Å². The second kappa shape index (κ2) is 8.93. The van der Waals surface area contributed by atoms with E-state index < -0.39 is 23.1 Å². The van der Waals surface area contributed by atoms with Crippen LogP contribution in [0.1, 0.15) is 45.6 Å². The van der Waals surface area contributed by atoms with Crippen LogP contribution in [0, 0.1) is 22.4 Å². The highest BCUT2D eigenvalue weighted by Crippen LogP contribution is 2.37. The van der Waals surface area contributed by atoms with Crippen LogP contribution in [0.3, 0.4) is 0 Å². The smallest absolute Gasteiger partial charge is 0.224 e. The lowest BCUT2D eigenvalue weighted by molar-refractivity contribution is 0.408. The van der Waals surface area contributed by atoms with Crippen LogP contribution in [-0.4, -0.2) is 25.6 Å². The first-order valence-corrected chi connectivity index (χ1v) is 10.3. The third kappa shape index (κ3) is 4.41. The van der Waals surface area contributed by atoms with Gasteiger partial charge in [-0.2, -0.15) is 4.98 Å². The van der Waals surface area contributed by atoms with Gasteiger partial charge in [-0.25, -0.2) is 23.1 Å². The van der Waals surface area contributed by atoms with Gasteiger partial charge < -0.3 is 10.6 Å². The van der Waals surface area contributed by atoms with Crippen LogP contribution in [0.5, 0.6) is 0 Å². The van der Waals surface area contributed by atoms with E-state index in [2.05, 4.69) is 30.8 Å². The van der Waals surface area contributed by atoms with Crippen LogP contribution in [0.4, 0.5) is 30.8 Å². The minimum Gasteiger partial charge on any atom is -0.352 e. The lowest BCUT2D eigenvalue weighted by atomic mass is 9.91. The van der Waals surface area contributed by atoms with Crippen molar-refractivity contribution in [2.75, 3.05) is 10.6 Å². The lowest BCUT2D eigenvalue weighted by Crippen LogP contribution is -2.18. The maximum absolute atomic E-state index is 14.3. The lowest BCUT2D eigenvalue weighted by Gasteiger charge is -2.26. The number of allylic oxidation sites excluding steroid dienone is 1. The van der Waals surface area contributed by atoms with E-state index in [1.54, 1.807) is 4.57 Å². The molecule has 32 heavy (non-hydrogen) atoms. The third-order valence-electron chi connectivity index (χ3n) is 5.29. The summed E-state index contributed by atoms with van der Waals surface area (Å²) < 4.78 is 43.7. The Morgan fingerprint density at radius 3 is 2.47 bits per heavy atom. The summed E-state index contributed by atoms with van der Waals surface area (Å²) in [5.41, 5.74) is 1.39. The minimum absolute atomic E-state index is 0.0975.